The summed E-state index contributed by atoms with van der Waals surface area (Å²) in [7, 11) is 0. The Bertz CT molecular complexity index is 949. The lowest BCUT2D eigenvalue weighted by Gasteiger charge is -2.19. The number of nitrogens with zero attached hydrogens (tertiary/aromatic N) is 1. The summed E-state index contributed by atoms with van der Waals surface area (Å²) in [4.78, 5) is 45.7. The summed E-state index contributed by atoms with van der Waals surface area (Å²) in [5.41, 5.74) is 10.8. The number of hydrogen-bond acceptors (Lipinski definition) is 6. The van der Waals surface area contributed by atoms with Crippen LogP contribution in [0.1, 0.15) is 23.6 Å². The second kappa shape index (κ2) is 10.4. The fraction of sp³-hybridized carbons (Fsp3) is 0.211. The first-order valence-corrected chi connectivity index (χ1v) is 8.83. The van der Waals surface area contributed by atoms with Gasteiger partial charge in [-0.3, -0.25) is 30.6 Å². The van der Waals surface area contributed by atoms with Crippen molar-refractivity contribution in [2.75, 3.05) is 6.61 Å². The van der Waals surface area contributed by atoms with E-state index in [4.69, 9.17) is 10.5 Å². The molecular formula is C19H21N5O6. The number of benzene rings is 2. The van der Waals surface area contributed by atoms with Gasteiger partial charge in [0.15, 0.2) is 12.4 Å². The molecule has 0 heterocycles. The number of amides is 4. The molecule has 2 aromatic carbocycles. The van der Waals surface area contributed by atoms with Crippen molar-refractivity contribution in [1.29, 1.82) is 0 Å². The number of aryl methyl sites for hydroxylation is 1. The summed E-state index contributed by atoms with van der Waals surface area (Å²) in [5.74, 6) is -1.39. The highest BCUT2D eigenvalue weighted by Gasteiger charge is 2.20. The van der Waals surface area contributed by atoms with Crippen molar-refractivity contribution in [2.24, 2.45) is 5.73 Å². The molecule has 0 aliphatic heterocycles. The van der Waals surface area contributed by atoms with Crippen LogP contribution in [-0.4, -0.2) is 29.4 Å². The molecule has 30 heavy (non-hydrogen) atoms. The van der Waals surface area contributed by atoms with Crippen molar-refractivity contribution in [3.05, 3.63) is 69.8 Å². The molecule has 1 unspecified atom stereocenters. The quantitative estimate of drug-likeness (QED) is 0.374. The summed E-state index contributed by atoms with van der Waals surface area (Å²) in [5, 5.41) is 13.4. The number of nitrogens with one attached hydrogen (secondary N) is 3. The van der Waals surface area contributed by atoms with Crippen molar-refractivity contribution in [3.8, 4) is 5.75 Å². The van der Waals surface area contributed by atoms with Gasteiger partial charge in [-0.25, -0.2) is 4.79 Å². The minimum Gasteiger partial charge on any atom is -0.477 e. The normalized spacial score (nSPS) is 11.1. The average Bonchev–Trinajstić information content (AvgIpc) is 2.70. The molecule has 0 spiro atoms. The van der Waals surface area contributed by atoms with E-state index in [1.807, 2.05) is 19.1 Å². The van der Waals surface area contributed by atoms with Crippen LogP contribution in [0.2, 0.25) is 0 Å². The Morgan fingerprint density at radius 2 is 1.70 bits per heavy atom. The topological polar surface area (TPSA) is 166 Å². The number of urea groups is 1. The standard InChI is InChI=1S/C19H21N5O6/c1-12-6-2-3-7-13(12)14(21-19(20)27)10-17(25)22-23-18(26)11-30-16-9-5-4-8-15(16)24(28)29/h2-9,14H,10-11H2,1H3,(H,22,25)(H,23,26)(H3,20,21,27). The number of carbonyl (C=O) groups excluding carboxylic acids is 3. The summed E-state index contributed by atoms with van der Waals surface area (Å²) in [6.45, 7) is 1.27. The molecular weight excluding hydrogens is 394 g/mol. The maximum Gasteiger partial charge on any atom is 0.312 e. The van der Waals surface area contributed by atoms with E-state index in [-0.39, 0.29) is 17.9 Å². The van der Waals surface area contributed by atoms with Gasteiger partial charge in [0.1, 0.15) is 0 Å². The molecule has 0 saturated carbocycles. The highest BCUT2D eigenvalue weighted by molar-refractivity contribution is 5.83. The van der Waals surface area contributed by atoms with E-state index in [1.165, 1.54) is 24.3 Å². The highest BCUT2D eigenvalue weighted by Crippen LogP contribution is 2.25. The van der Waals surface area contributed by atoms with E-state index < -0.39 is 35.4 Å². The van der Waals surface area contributed by atoms with Crippen molar-refractivity contribution >= 4 is 23.5 Å². The SMILES string of the molecule is Cc1ccccc1C(CC(=O)NNC(=O)COc1ccccc1[N+](=O)[O-])NC(N)=O. The lowest BCUT2D eigenvalue weighted by atomic mass is 9.98. The zero-order chi connectivity index (χ0) is 22.1. The Kier molecular flexibility index (Phi) is 7.68. The van der Waals surface area contributed by atoms with Crippen molar-refractivity contribution in [2.45, 2.75) is 19.4 Å². The summed E-state index contributed by atoms with van der Waals surface area (Å²) in [6, 6.07) is 11.3. The minimum atomic E-state index is -0.794. The Balaban J connectivity index is 1.89. The van der Waals surface area contributed by atoms with Gasteiger partial charge in [0.2, 0.25) is 5.91 Å². The predicted molar refractivity (Wildman–Crippen MR) is 106 cm³/mol. The fourth-order valence-electron chi connectivity index (χ4n) is 2.67. The maximum absolute atomic E-state index is 12.2. The third kappa shape index (κ3) is 6.48. The van der Waals surface area contributed by atoms with Gasteiger partial charge in [0.05, 0.1) is 17.4 Å². The molecule has 0 fully saturated rings. The van der Waals surface area contributed by atoms with Crippen LogP contribution >= 0.6 is 0 Å². The number of hydrogen-bond donors (Lipinski definition) is 4. The van der Waals surface area contributed by atoms with E-state index in [2.05, 4.69) is 16.2 Å². The second-order valence-electron chi connectivity index (χ2n) is 6.23. The first-order chi connectivity index (χ1) is 14.3. The number of hydrazine groups is 1. The Labute approximate surface area is 171 Å². The van der Waals surface area contributed by atoms with Gasteiger partial charge in [-0.05, 0) is 24.1 Å². The van der Waals surface area contributed by atoms with E-state index in [0.717, 1.165) is 5.56 Å². The molecule has 0 aromatic heterocycles. The monoisotopic (exact) mass is 415 g/mol. The molecule has 4 amide bonds. The van der Waals surface area contributed by atoms with E-state index in [1.54, 1.807) is 12.1 Å². The third-order valence-corrected chi connectivity index (χ3v) is 4.03. The van der Waals surface area contributed by atoms with Crippen LogP contribution in [0, 0.1) is 17.0 Å². The largest absolute Gasteiger partial charge is 0.477 e. The maximum atomic E-state index is 12.2. The predicted octanol–water partition coefficient (Wildman–Crippen LogP) is 1.23. The van der Waals surface area contributed by atoms with Crippen molar-refractivity contribution < 1.29 is 24.0 Å². The summed E-state index contributed by atoms with van der Waals surface area (Å²) >= 11 is 0. The number of para-hydroxylation sites is 2. The molecule has 0 bridgehead atoms. The molecule has 0 saturated heterocycles. The summed E-state index contributed by atoms with van der Waals surface area (Å²) in [6.07, 6.45) is -0.181. The zero-order valence-electron chi connectivity index (χ0n) is 16.1. The number of ether oxygens (including phenoxy) is 1. The first-order valence-electron chi connectivity index (χ1n) is 8.83. The van der Waals surface area contributed by atoms with Gasteiger partial charge >= 0.3 is 11.7 Å². The van der Waals surface area contributed by atoms with Crippen molar-refractivity contribution in [1.82, 2.24) is 16.2 Å². The Morgan fingerprint density at radius 1 is 1.07 bits per heavy atom. The molecule has 158 valence electrons. The van der Waals surface area contributed by atoms with Crippen LogP contribution in [-0.2, 0) is 9.59 Å². The number of carbonyl (C=O) groups is 3. The van der Waals surface area contributed by atoms with Gasteiger partial charge in [0.25, 0.3) is 5.91 Å². The van der Waals surface area contributed by atoms with Crippen molar-refractivity contribution in [3.63, 3.8) is 0 Å². The zero-order valence-corrected chi connectivity index (χ0v) is 16.1. The smallest absolute Gasteiger partial charge is 0.312 e. The highest BCUT2D eigenvalue weighted by atomic mass is 16.6. The van der Waals surface area contributed by atoms with Gasteiger partial charge in [-0.2, -0.15) is 0 Å². The van der Waals surface area contributed by atoms with E-state index in [9.17, 15) is 24.5 Å². The van der Waals surface area contributed by atoms with Gasteiger partial charge in [0, 0.05) is 6.07 Å². The number of rotatable bonds is 8. The molecule has 11 heteroatoms. The van der Waals surface area contributed by atoms with Gasteiger partial charge in [-0.1, -0.05) is 36.4 Å². The molecule has 1 atom stereocenters. The van der Waals surface area contributed by atoms with Crippen LogP contribution < -0.4 is 26.6 Å². The van der Waals surface area contributed by atoms with Crippen LogP contribution in [0.25, 0.3) is 0 Å². The number of nitrogens with two attached hydrogens (primary N) is 1. The first kappa shape index (κ1) is 22.1. The molecule has 2 rings (SSSR count). The van der Waals surface area contributed by atoms with Crippen LogP contribution in [0.15, 0.2) is 48.5 Å². The fourth-order valence-corrected chi connectivity index (χ4v) is 2.67. The molecule has 0 aliphatic carbocycles. The lowest BCUT2D eigenvalue weighted by Crippen LogP contribution is -2.45. The number of primary amides is 1. The Morgan fingerprint density at radius 3 is 2.37 bits per heavy atom. The lowest BCUT2D eigenvalue weighted by molar-refractivity contribution is -0.385. The molecule has 0 aliphatic rings. The van der Waals surface area contributed by atoms with Crippen LogP contribution in [0.5, 0.6) is 5.75 Å². The molecule has 2 aromatic rings. The van der Waals surface area contributed by atoms with Gasteiger partial charge in [-0.15, -0.1) is 0 Å². The number of nitro benzene ring substituents is 1. The van der Waals surface area contributed by atoms with Gasteiger partial charge < -0.3 is 15.8 Å². The van der Waals surface area contributed by atoms with Crippen LogP contribution in [0.4, 0.5) is 10.5 Å². The molecule has 11 nitrogen and oxygen atoms in total. The molecule has 5 N–H and O–H groups in total. The Hall–Kier alpha value is -4.15. The average molecular weight is 415 g/mol. The van der Waals surface area contributed by atoms with E-state index in [0.29, 0.717) is 5.56 Å². The molecule has 0 radical (unpaired) electrons. The second-order valence-corrected chi connectivity index (χ2v) is 6.23. The third-order valence-electron chi connectivity index (χ3n) is 4.03. The van der Waals surface area contributed by atoms with E-state index >= 15 is 0 Å². The van der Waals surface area contributed by atoms with Crippen LogP contribution in [0.3, 0.4) is 0 Å². The minimum absolute atomic E-state index is 0.0748. The number of nitro groups is 1. The summed E-state index contributed by atoms with van der Waals surface area (Å²) < 4.78 is 5.13.